The maximum absolute atomic E-state index is 13.2. The molecule has 34 heavy (non-hydrogen) atoms. The summed E-state index contributed by atoms with van der Waals surface area (Å²) in [5.74, 6) is 0.0448. The second kappa shape index (κ2) is 12.1. The molecule has 0 saturated heterocycles. The van der Waals surface area contributed by atoms with Crippen LogP contribution in [0.15, 0.2) is 48.0 Å². The lowest BCUT2D eigenvalue weighted by Crippen LogP contribution is -2.41. The molecule has 1 aromatic rings. The molecule has 2 rings (SSSR count). The van der Waals surface area contributed by atoms with Crippen LogP contribution in [-0.2, 0) is 17.7 Å². The average Bonchev–Trinajstić information content (AvgIpc) is 2.78. The number of allylic oxidation sites excluding steroid dienone is 5. The normalized spacial score (nSPS) is 14.6. The number of carbonyl (C=O) groups is 2. The number of ether oxygens (including phenoxy) is 1. The molecule has 8 heteroatoms. The molecule has 0 bridgehead atoms. The maximum atomic E-state index is 13.2. The smallest absolute Gasteiger partial charge is 0.410 e. The number of carbonyl (C=O) groups excluding carboxylic acids is 2. The average molecular weight is 466 g/mol. The number of hydrogen-bond acceptors (Lipinski definition) is 6. The van der Waals surface area contributed by atoms with Gasteiger partial charge in [-0.2, -0.15) is 0 Å². The molecule has 8 nitrogen and oxygen atoms in total. The van der Waals surface area contributed by atoms with E-state index in [9.17, 15) is 9.59 Å². The Labute approximate surface area is 202 Å². The molecule has 1 N–H and O–H groups in total. The van der Waals surface area contributed by atoms with Gasteiger partial charge in [0.15, 0.2) is 5.82 Å². The molecule has 0 aliphatic carbocycles. The molecule has 1 aliphatic heterocycles. The summed E-state index contributed by atoms with van der Waals surface area (Å²) in [7, 11) is 1.69. The number of amides is 2. The van der Waals surface area contributed by atoms with Gasteiger partial charge in [-0.1, -0.05) is 44.4 Å². The molecule has 0 aromatic carbocycles. The van der Waals surface area contributed by atoms with Gasteiger partial charge in [-0.25, -0.2) is 14.8 Å². The van der Waals surface area contributed by atoms with Crippen LogP contribution in [0, 0.1) is 0 Å². The van der Waals surface area contributed by atoms with Crippen LogP contribution in [0.1, 0.15) is 61.7 Å². The quantitative estimate of drug-likeness (QED) is 0.456. The van der Waals surface area contributed by atoms with E-state index < -0.39 is 11.7 Å². The number of nitrogens with one attached hydrogen (secondary N) is 1. The third-order valence-corrected chi connectivity index (χ3v) is 4.92. The van der Waals surface area contributed by atoms with E-state index in [1.54, 1.807) is 36.4 Å². The zero-order valence-corrected chi connectivity index (χ0v) is 20.9. The van der Waals surface area contributed by atoms with E-state index in [-0.39, 0.29) is 12.5 Å². The Bertz CT molecular complexity index is 1030. The molecule has 0 radical (unpaired) electrons. The van der Waals surface area contributed by atoms with Crippen molar-refractivity contribution in [3.05, 3.63) is 65.8 Å². The topological polar surface area (TPSA) is 96.8 Å². The van der Waals surface area contributed by atoms with E-state index in [1.807, 2.05) is 33.8 Å². The van der Waals surface area contributed by atoms with Crippen molar-refractivity contribution in [1.29, 1.82) is 0 Å². The highest BCUT2D eigenvalue weighted by Crippen LogP contribution is 2.24. The monoisotopic (exact) mass is 465 g/mol. The van der Waals surface area contributed by atoms with Gasteiger partial charge in [-0.05, 0) is 39.2 Å². The van der Waals surface area contributed by atoms with E-state index in [4.69, 9.17) is 4.74 Å². The first-order valence-corrected chi connectivity index (χ1v) is 11.4. The minimum absolute atomic E-state index is 0.224. The van der Waals surface area contributed by atoms with Gasteiger partial charge in [0.05, 0.1) is 12.2 Å². The fourth-order valence-corrected chi connectivity index (χ4v) is 3.46. The number of nitrogens with zero attached hydrogens (tertiary/aromatic N) is 4. The minimum Gasteiger partial charge on any atom is -0.444 e. The SMILES string of the molecule is C=C/C=C(\C=C)c1nc2c(c(C(=O)NC/C(C=NC)=C/CC)n1)CCN(C(=O)OC(C)(C)C)C2. The van der Waals surface area contributed by atoms with Crippen molar-refractivity contribution < 1.29 is 14.3 Å². The molecular weight excluding hydrogens is 430 g/mol. The summed E-state index contributed by atoms with van der Waals surface area (Å²) in [6.07, 6.45) is 9.55. The van der Waals surface area contributed by atoms with Crippen LogP contribution in [-0.4, -0.2) is 58.8 Å². The Hall–Kier alpha value is -3.55. The Morgan fingerprint density at radius 2 is 2.00 bits per heavy atom. The van der Waals surface area contributed by atoms with Gasteiger partial charge in [0.2, 0.25) is 0 Å². The first-order valence-electron chi connectivity index (χ1n) is 11.4. The molecule has 0 fully saturated rings. The van der Waals surface area contributed by atoms with Crippen LogP contribution in [0.5, 0.6) is 0 Å². The zero-order valence-electron chi connectivity index (χ0n) is 20.9. The summed E-state index contributed by atoms with van der Waals surface area (Å²) >= 11 is 0. The molecule has 0 atom stereocenters. The third-order valence-electron chi connectivity index (χ3n) is 4.92. The Morgan fingerprint density at radius 3 is 2.59 bits per heavy atom. The second-order valence-electron chi connectivity index (χ2n) is 8.79. The molecule has 2 amide bonds. The number of fused-ring (bicyclic) bond motifs is 1. The zero-order chi connectivity index (χ0) is 25.3. The van der Waals surface area contributed by atoms with Crippen LogP contribution in [0.3, 0.4) is 0 Å². The molecule has 0 spiro atoms. The Morgan fingerprint density at radius 1 is 1.26 bits per heavy atom. The van der Waals surface area contributed by atoms with Gasteiger partial charge in [0, 0.05) is 37.5 Å². The van der Waals surface area contributed by atoms with Gasteiger partial charge in [0.25, 0.3) is 5.91 Å². The van der Waals surface area contributed by atoms with Crippen molar-refractivity contribution in [3.8, 4) is 0 Å². The van der Waals surface area contributed by atoms with Crippen molar-refractivity contribution >= 4 is 23.8 Å². The Balaban J connectivity index is 2.44. The van der Waals surface area contributed by atoms with Crippen molar-refractivity contribution in [2.45, 2.75) is 52.7 Å². The highest BCUT2D eigenvalue weighted by atomic mass is 16.6. The van der Waals surface area contributed by atoms with E-state index in [0.29, 0.717) is 42.3 Å². The van der Waals surface area contributed by atoms with Crippen LogP contribution in [0.2, 0.25) is 0 Å². The lowest BCUT2D eigenvalue weighted by molar-refractivity contribution is 0.0220. The number of aliphatic imine (C=N–C) groups is 1. The highest BCUT2D eigenvalue weighted by molar-refractivity contribution is 5.95. The highest BCUT2D eigenvalue weighted by Gasteiger charge is 2.30. The first-order chi connectivity index (χ1) is 16.1. The predicted octanol–water partition coefficient (Wildman–Crippen LogP) is 4.29. The van der Waals surface area contributed by atoms with Gasteiger partial charge in [-0.3, -0.25) is 9.79 Å². The van der Waals surface area contributed by atoms with E-state index >= 15 is 0 Å². The predicted molar refractivity (Wildman–Crippen MR) is 136 cm³/mol. The fraction of sp³-hybridized carbons (Fsp3) is 0.423. The van der Waals surface area contributed by atoms with E-state index in [0.717, 1.165) is 17.6 Å². The van der Waals surface area contributed by atoms with Gasteiger partial charge in [-0.15, -0.1) is 0 Å². The molecule has 1 aromatic heterocycles. The van der Waals surface area contributed by atoms with Crippen molar-refractivity contribution in [2.75, 3.05) is 20.1 Å². The maximum Gasteiger partial charge on any atom is 0.410 e. The molecule has 2 heterocycles. The van der Waals surface area contributed by atoms with Gasteiger partial charge >= 0.3 is 6.09 Å². The molecular formula is C26H35N5O3. The van der Waals surface area contributed by atoms with E-state index in [2.05, 4.69) is 33.4 Å². The first kappa shape index (κ1) is 26.7. The summed E-state index contributed by atoms with van der Waals surface area (Å²) < 4.78 is 5.52. The fourth-order valence-electron chi connectivity index (χ4n) is 3.46. The summed E-state index contributed by atoms with van der Waals surface area (Å²) in [5, 5.41) is 2.94. The largest absolute Gasteiger partial charge is 0.444 e. The van der Waals surface area contributed by atoms with Crippen LogP contribution in [0.25, 0.3) is 5.57 Å². The summed E-state index contributed by atoms with van der Waals surface area (Å²) in [6, 6.07) is 0. The molecule has 0 unspecified atom stereocenters. The third kappa shape index (κ3) is 7.23. The van der Waals surface area contributed by atoms with Crippen molar-refractivity contribution in [1.82, 2.24) is 20.2 Å². The summed E-state index contributed by atoms with van der Waals surface area (Å²) in [4.78, 5) is 40.7. The molecule has 182 valence electrons. The molecule has 0 saturated carbocycles. The van der Waals surface area contributed by atoms with Crippen LogP contribution >= 0.6 is 0 Å². The number of aromatic nitrogens is 2. The lowest BCUT2D eigenvalue weighted by atomic mass is 10.0. The molecule has 1 aliphatic rings. The number of rotatable bonds is 8. The van der Waals surface area contributed by atoms with Crippen molar-refractivity contribution in [2.24, 2.45) is 4.99 Å². The lowest BCUT2D eigenvalue weighted by Gasteiger charge is -2.31. The van der Waals surface area contributed by atoms with Gasteiger partial charge < -0.3 is 15.0 Å². The number of hydrogen-bond donors (Lipinski definition) is 1. The van der Waals surface area contributed by atoms with Crippen LogP contribution in [0.4, 0.5) is 4.79 Å². The Kier molecular flexibility index (Phi) is 9.47. The summed E-state index contributed by atoms with van der Waals surface area (Å²) in [5.41, 5.74) is 2.58. The minimum atomic E-state index is -0.604. The summed E-state index contributed by atoms with van der Waals surface area (Å²) in [6.45, 7) is 16.0. The van der Waals surface area contributed by atoms with Gasteiger partial charge in [0.1, 0.15) is 11.3 Å². The van der Waals surface area contributed by atoms with Crippen LogP contribution < -0.4 is 5.32 Å². The second-order valence-corrected chi connectivity index (χ2v) is 8.79. The standard InChI is InChI=1S/C26H35N5O3/c1-8-11-18(15-27-7)16-28-24(32)22-20-13-14-31(25(33)34-26(4,5)6)17-21(20)29-23(30-22)19(10-3)12-9-2/h9-12,15H,2-3,8,13-14,16-17H2,1,4-7H3,(H,28,32)/b18-11+,19-12+,27-15?. The van der Waals surface area contributed by atoms with E-state index in [1.165, 1.54) is 0 Å². The van der Waals surface area contributed by atoms with Crippen molar-refractivity contribution in [3.63, 3.8) is 0 Å².